The molecule has 0 aliphatic carbocycles. The molecule has 2 aromatic rings. The van der Waals surface area contributed by atoms with Gasteiger partial charge in [-0.05, 0) is 95.9 Å². The first-order valence-electron chi connectivity index (χ1n) is 41.3. The Morgan fingerprint density at radius 1 is 0.355 bits per heavy atom. The minimum Gasteiger partial charge on any atom is -0.470 e. The number of anilines is 2. The summed E-state index contributed by atoms with van der Waals surface area (Å²) in [5.41, 5.74) is -0.555. The minimum absolute atomic E-state index is 0.0255. The molecular weight excluding hydrogens is 1460 g/mol. The minimum atomic E-state index is -1.35. The Morgan fingerprint density at radius 3 is 0.845 bits per heavy atom. The molecule has 8 unspecified atom stereocenters. The van der Waals surface area contributed by atoms with Gasteiger partial charge in [-0.15, -0.1) is 8.75 Å². The quantitative estimate of drug-likeness (QED) is 0.0353. The van der Waals surface area contributed by atoms with Crippen LogP contribution in [-0.2, 0) is 85.7 Å². The van der Waals surface area contributed by atoms with Crippen LogP contribution in [0.5, 0.6) is 11.8 Å². The lowest BCUT2D eigenvalue weighted by Gasteiger charge is -2.28. The normalized spacial score (nSPS) is 15.4. The molecule has 4 rings (SSSR count). The highest BCUT2D eigenvalue weighted by Crippen LogP contribution is 2.29. The van der Waals surface area contributed by atoms with Gasteiger partial charge in [-0.2, -0.15) is 8.75 Å². The molecule has 110 heavy (non-hydrogen) atoms. The summed E-state index contributed by atoms with van der Waals surface area (Å²) in [6.45, 7) is 29.9. The molecule has 0 amide bonds. The number of hydrogen-bond donors (Lipinski definition) is 2. The first kappa shape index (κ1) is 98.1. The molecule has 632 valence electrons. The van der Waals surface area contributed by atoms with Gasteiger partial charge in [-0.1, -0.05) is 194 Å². The molecule has 0 saturated carbocycles. The molecule has 0 bridgehead atoms. The number of carbonyl (C=O) groups excluding carboxylic acids is 8. The number of esters is 8. The van der Waals surface area contributed by atoms with Gasteiger partial charge in [0.05, 0.1) is 49.9 Å². The number of morpholine rings is 2. The average Bonchev–Trinajstić information content (AvgIpc) is 1.70. The monoisotopic (exact) mass is 1600 g/mol. The Kier molecular flexibility index (Phi) is 51.6. The fraction of sp³-hybridized carbons (Fsp3) is 0.850. The van der Waals surface area contributed by atoms with Crippen molar-refractivity contribution in [3.63, 3.8) is 0 Å². The highest BCUT2D eigenvalue weighted by atomic mass is 32.1. The van der Waals surface area contributed by atoms with Crippen molar-refractivity contribution in [1.82, 2.24) is 28.1 Å². The van der Waals surface area contributed by atoms with Crippen molar-refractivity contribution in [3.05, 3.63) is 0 Å². The number of carbonyl (C=O) groups is 8. The van der Waals surface area contributed by atoms with Gasteiger partial charge in [0.25, 0.3) is 11.8 Å². The number of ether oxygens (including phenoxy) is 12. The molecule has 2 fully saturated rings. The van der Waals surface area contributed by atoms with E-state index in [4.69, 9.17) is 56.8 Å². The number of rotatable bonds is 58. The lowest BCUT2D eigenvalue weighted by molar-refractivity contribution is -0.183. The summed E-state index contributed by atoms with van der Waals surface area (Å²) in [6, 6.07) is 0. The lowest BCUT2D eigenvalue weighted by atomic mass is 10.0. The second-order valence-corrected chi connectivity index (χ2v) is 32.0. The Morgan fingerprint density at radius 2 is 0.591 bits per heavy atom. The molecule has 2 saturated heterocycles. The highest BCUT2D eigenvalue weighted by Gasteiger charge is 2.34. The van der Waals surface area contributed by atoms with E-state index in [1.54, 1.807) is 0 Å². The van der Waals surface area contributed by atoms with Crippen LogP contribution in [-0.4, -0.2) is 204 Å². The molecule has 8 atom stereocenters. The molecule has 0 aromatic carbocycles. The first-order chi connectivity index (χ1) is 52.6. The molecule has 4 heterocycles. The van der Waals surface area contributed by atoms with Crippen LogP contribution in [0.2, 0.25) is 0 Å². The second kappa shape index (κ2) is 57.9. The first-order valence-corrected chi connectivity index (χ1v) is 42.7. The summed E-state index contributed by atoms with van der Waals surface area (Å²) in [7, 11) is 0. The van der Waals surface area contributed by atoms with Crippen LogP contribution in [0.1, 0.15) is 302 Å². The Bertz CT molecular complexity index is 2660. The zero-order chi connectivity index (χ0) is 81.0. The second-order valence-electron chi connectivity index (χ2n) is 31.0. The van der Waals surface area contributed by atoms with Gasteiger partial charge in [-0.25, -0.2) is 28.8 Å². The molecular formula is C80H140N8O20S2. The Hall–Kier alpha value is -6.08. The van der Waals surface area contributed by atoms with Crippen LogP contribution < -0.4 is 29.9 Å². The van der Waals surface area contributed by atoms with E-state index in [1.807, 2.05) is 51.3 Å². The summed E-state index contributed by atoms with van der Waals surface area (Å²) in [6.07, 6.45) is 28.1. The van der Waals surface area contributed by atoms with Gasteiger partial charge in [-0.3, -0.25) is 9.59 Å². The van der Waals surface area contributed by atoms with E-state index in [1.165, 1.54) is 183 Å². The van der Waals surface area contributed by atoms with Gasteiger partial charge in [0.1, 0.15) is 25.4 Å². The van der Waals surface area contributed by atoms with Crippen molar-refractivity contribution in [2.75, 3.05) is 88.7 Å². The molecule has 2 N–H and O–H groups in total. The topological polar surface area (TPSA) is 329 Å². The predicted octanol–water partition coefficient (Wildman–Crippen LogP) is 14.2. The molecule has 28 nitrogen and oxygen atoms in total. The molecule has 0 radical (unpaired) electrons. The summed E-state index contributed by atoms with van der Waals surface area (Å²) < 4.78 is 82.8. The third kappa shape index (κ3) is 46.2. The van der Waals surface area contributed by atoms with Crippen molar-refractivity contribution >= 4 is 82.8 Å². The number of aromatic nitrogens is 4. The van der Waals surface area contributed by atoms with E-state index < -0.39 is 96.6 Å². The van der Waals surface area contributed by atoms with Crippen LogP contribution in [0.25, 0.3) is 0 Å². The summed E-state index contributed by atoms with van der Waals surface area (Å²) >= 11 is 2.05. The summed E-state index contributed by atoms with van der Waals surface area (Å²) in [5, 5.41) is 6.59. The van der Waals surface area contributed by atoms with E-state index in [0.29, 0.717) is 88.8 Å². The van der Waals surface area contributed by atoms with Crippen molar-refractivity contribution in [2.45, 2.75) is 362 Å². The molecule has 30 heteroatoms. The predicted molar refractivity (Wildman–Crippen MR) is 425 cm³/mol. The third-order valence-corrected chi connectivity index (χ3v) is 19.4. The van der Waals surface area contributed by atoms with E-state index in [2.05, 4.69) is 42.0 Å². The smallest absolute Gasteiger partial charge is 0.347 e. The van der Waals surface area contributed by atoms with Crippen LogP contribution in [0.3, 0.4) is 0 Å². The Labute approximate surface area is 665 Å². The van der Waals surface area contributed by atoms with Crippen molar-refractivity contribution in [2.24, 2.45) is 0 Å². The Balaban J connectivity index is 0.000000570. The van der Waals surface area contributed by atoms with Crippen molar-refractivity contribution in [3.8, 4) is 11.8 Å². The third-order valence-electron chi connectivity index (χ3n) is 18.4. The van der Waals surface area contributed by atoms with Gasteiger partial charge in [0.15, 0.2) is 36.6 Å². The largest absolute Gasteiger partial charge is 0.470 e. The fourth-order valence-electron chi connectivity index (χ4n) is 11.6. The number of nitrogens with zero attached hydrogens (tertiary/aromatic N) is 6. The maximum Gasteiger partial charge on any atom is 0.347 e. The van der Waals surface area contributed by atoms with Crippen LogP contribution in [0, 0.1) is 0 Å². The average molecular weight is 1600 g/mol. The molecule has 2 aliphatic rings. The number of hydrogen-bond acceptors (Lipinski definition) is 30. The van der Waals surface area contributed by atoms with E-state index in [9.17, 15) is 38.4 Å². The maximum absolute atomic E-state index is 13.0. The van der Waals surface area contributed by atoms with E-state index in [0.717, 1.165) is 62.0 Å². The standard InChI is InChI=1S/2C40H70N4O10S/c2*1-8-9-10-11-12-13-14-15-16-17-18-19-20-21-22-23-34(45)51-30(2)37(46)52-31(3)38(47)53-32(4)39(48)54-33(28-41-40(5,6)7)29-50-36-35(42-55-43-36)44-24-26-49-27-25-44/h2*30-33,41H,8-29H2,1-7H3. The zero-order valence-corrected chi connectivity index (χ0v) is 71.0. The summed E-state index contributed by atoms with van der Waals surface area (Å²) in [4.78, 5) is 105. The van der Waals surface area contributed by atoms with Gasteiger partial charge in [0, 0.05) is 63.2 Å². The van der Waals surface area contributed by atoms with Gasteiger partial charge < -0.3 is 77.3 Å². The van der Waals surface area contributed by atoms with Crippen LogP contribution >= 0.6 is 23.5 Å². The molecule has 2 aromatic heterocycles. The van der Waals surface area contributed by atoms with Gasteiger partial charge >= 0.3 is 47.8 Å². The number of unbranched alkanes of at least 4 members (excludes halogenated alkanes) is 28. The molecule has 0 spiro atoms. The van der Waals surface area contributed by atoms with Crippen molar-refractivity contribution < 1.29 is 95.2 Å². The lowest BCUT2D eigenvalue weighted by Crippen LogP contribution is -2.45. The zero-order valence-electron chi connectivity index (χ0n) is 69.4. The van der Waals surface area contributed by atoms with E-state index >= 15 is 0 Å². The number of nitrogens with one attached hydrogen (secondary N) is 2. The SMILES string of the molecule is CCCCCCCCCCCCCCCCCC(=O)OC(C)C(=O)OC(C)C(=O)OC(C)C(=O)OC(CNC(C)(C)C)COc1nsnc1N1CCOCC1.CCCCCCCCCCCCCCCCCC(=O)OC(C)C(=O)OC(C)C(=O)OC(C)C(=O)OC(CNC(C)(C)C)COc1nsnc1N1CCOCC1. The highest BCUT2D eigenvalue weighted by molar-refractivity contribution is 6.99. The maximum atomic E-state index is 13.0. The molecule has 2 aliphatic heterocycles. The van der Waals surface area contributed by atoms with Crippen LogP contribution in [0.15, 0.2) is 0 Å². The van der Waals surface area contributed by atoms with Crippen LogP contribution in [0.4, 0.5) is 11.6 Å². The summed E-state index contributed by atoms with van der Waals surface area (Å²) in [5.74, 6) is -4.36. The van der Waals surface area contributed by atoms with Gasteiger partial charge in [0.2, 0.25) is 11.6 Å². The van der Waals surface area contributed by atoms with Crippen molar-refractivity contribution in [1.29, 1.82) is 0 Å². The van der Waals surface area contributed by atoms with E-state index in [-0.39, 0.29) is 50.2 Å². The fourth-order valence-corrected chi connectivity index (χ4v) is 12.6.